The van der Waals surface area contributed by atoms with Crippen LogP contribution in [0.3, 0.4) is 0 Å². The van der Waals surface area contributed by atoms with Crippen molar-refractivity contribution in [2.45, 2.75) is 18.3 Å². The Kier molecular flexibility index (Phi) is 4.46. The largest absolute Gasteiger partial charge is 0.304 e. The predicted octanol–water partition coefficient (Wildman–Crippen LogP) is 3.30. The smallest absolute Gasteiger partial charge is 0.274 e. The average molecular weight is 450 g/mol. The van der Waals surface area contributed by atoms with E-state index in [0.29, 0.717) is 5.69 Å². The molecule has 1 saturated heterocycles. The molecular weight excluding hydrogens is 431 g/mol. The van der Waals surface area contributed by atoms with E-state index < -0.39 is 38.1 Å². The second-order valence-electron chi connectivity index (χ2n) is 8.01. The summed E-state index contributed by atoms with van der Waals surface area (Å²) in [6.07, 6.45) is 0. The summed E-state index contributed by atoms with van der Waals surface area (Å²) < 4.78 is 41.0. The minimum absolute atomic E-state index is 0.0247. The molecule has 5 rings (SSSR count). The van der Waals surface area contributed by atoms with Gasteiger partial charge in [-0.1, -0.05) is 54.1 Å². The zero-order chi connectivity index (χ0) is 22.7. The summed E-state index contributed by atoms with van der Waals surface area (Å²) in [5.41, 5.74) is 2.47. The number of carbonyl (C=O) groups excluding carboxylic acids is 2. The van der Waals surface area contributed by atoms with Crippen LogP contribution < -0.4 is 9.80 Å². The van der Waals surface area contributed by atoms with Gasteiger partial charge in [0.05, 0.1) is 12.2 Å². The number of anilines is 2. The Morgan fingerprint density at radius 3 is 2.47 bits per heavy atom. The van der Waals surface area contributed by atoms with Crippen LogP contribution in [-0.4, -0.2) is 26.0 Å². The van der Waals surface area contributed by atoms with Crippen LogP contribution in [-0.2, 0) is 30.8 Å². The topological polar surface area (TPSA) is 74.8 Å². The van der Waals surface area contributed by atoms with E-state index >= 15 is 0 Å². The Morgan fingerprint density at radius 1 is 0.969 bits per heavy atom. The molecule has 2 heterocycles. The zero-order valence-corrected chi connectivity index (χ0v) is 18.0. The molecule has 0 radical (unpaired) electrons. The third-order valence-electron chi connectivity index (χ3n) is 5.91. The van der Waals surface area contributed by atoms with Crippen LogP contribution in [0.15, 0.2) is 72.8 Å². The van der Waals surface area contributed by atoms with E-state index in [4.69, 9.17) is 0 Å². The van der Waals surface area contributed by atoms with Gasteiger partial charge in [0.25, 0.3) is 10.8 Å². The fourth-order valence-electron chi connectivity index (χ4n) is 4.66. The quantitative estimate of drug-likeness (QED) is 0.614. The molecule has 3 aromatic rings. The lowest BCUT2D eigenvalue weighted by molar-refractivity contribution is -0.123. The fourth-order valence-corrected chi connectivity index (χ4v) is 6.69. The van der Waals surface area contributed by atoms with E-state index in [1.165, 1.54) is 23.1 Å². The van der Waals surface area contributed by atoms with Crippen LogP contribution in [0.2, 0.25) is 0 Å². The number of amides is 2. The molecule has 1 spiro atoms. The van der Waals surface area contributed by atoms with Crippen LogP contribution in [0, 0.1) is 12.7 Å². The number of aryl methyl sites for hydroxylation is 1. The van der Waals surface area contributed by atoms with E-state index in [0.717, 1.165) is 22.1 Å². The summed E-state index contributed by atoms with van der Waals surface area (Å²) in [6.45, 7) is 2.07. The lowest BCUT2D eigenvalue weighted by Gasteiger charge is -2.32. The highest BCUT2D eigenvalue weighted by molar-refractivity contribution is 7.94. The minimum Gasteiger partial charge on any atom is -0.304 e. The van der Waals surface area contributed by atoms with Crippen LogP contribution in [0.4, 0.5) is 15.8 Å². The molecule has 8 heteroatoms. The normalized spacial score (nSPS) is 21.4. The van der Waals surface area contributed by atoms with Crippen molar-refractivity contribution in [3.05, 3.63) is 95.3 Å². The van der Waals surface area contributed by atoms with Gasteiger partial charge in [0.2, 0.25) is 5.91 Å². The highest BCUT2D eigenvalue weighted by Crippen LogP contribution is 2.52. The number of para-hydroxylation sites is 1. The Bertz CT molecular complexity index is 1390. The lowest BCUT2D eigenvalue weighted by Crippen LogP contribution is -2.54. The number of rotatable bonds is 3. The minimum atomic E-state index is -4.28. The molecule has 2 aliphatic rings. The number of halogens is 1. The van der Waals surface area contributed by atoms with Gasteiger partial charge in [-0.25, -0.2) is 12.8 Å². The molecular formula is C24H19FN2O4S. The van der Waals surface area contributed by atoms with E-state index in [1.807, 2.05) is 31.2 Å². The third kappa shape index (κ3) is 2.72. The lowest BCUT2D eigenvalue weighted by atomic mass is 10.0. The summed E-state index contributed by atoms with van der Waals surface area (Å²) in [7, 11) is -4.28. The van der Waals surface area contributed by atoms with Crippen molar-refractivity contribution in [3.8, 4) is 0 Å². The van der Waals surface area contributed by atoms with Gasteiger partial charge in [0.15, 0.2) is 9.84 Å². The van der Waals surface area contributed by atoms with Gasteiger partial charge >= 0.3 is 0 Å². The van der Waals surface area contributed by atoms with E-state index in [-0.39, 0.29) is 17.8 Å². The zero-order valence-electron chi connectivity index (χ0n) is 17.2. The van der Waals surface area contributed by atoms with Gasteiger partial charge in [-0.2, -0.15) is 0 Å². The molecule has 0 aromatic heterocycles. The van der Waals surface area contributed by atoms with Crippen molar-refractivity contribution in [1.82, 2.24) is 0 Å². The first-order valence-corrected chi connectivity index (χ1v) is 11.7. The molecule has 0 saturated carbocycles. The summed E-state index contributed by atoms with van der Waals surface area (Å²) >= 11 is 0. The molecule has 1 atom stereocenters. The maximum atomic E-state index is 14.0. The van der Waals surface area contributed by atoms with Gasteiger partial charge in [0.1, 0.15) is 11.6 Å². The summed E-state index contributed by atoms with van der Waals surface area (Å²) in [4.78, 5) is 27.0. The monoisotopic (exact) mass is 450 g/mol. The Morgan fingerprint density at radius 2 is 1.72 bits per heavy atom. The maximum absolute atomic E-state index is 14.0. The molecule has 3 aromatic carbocycles. The van der Waals surface area contributed by atoms with E-state index in [9.17, 15) is 22.4 Å². The number of fused-ring (bicyclic) bond motifs is 2. The van der Waals surface area contributed by atoms with Crippen LogP contribution >= 0.6 is 0 Å². The molecule has 6 nitrogen and oxygen atoms in total. The summed E-state index contributed by atoms with van der Waals surface area (Å²) in [6, 6.07) is 19.2. The molecule has 1 unspecified atom stereocenters. The SMILES string of the molecule is Cc1cccc(CN2C(=O)C3(c4ccccc42)N(c2cccc(F)c2)C(=O)CS3(=O)=O)c1. The van der Waals surface area contributed by atoms with Gasteiger partial charge < -0.3 is 4.90 Å². The Hall–Kier alpha value is -3.52. The second-order valence-corrected chi connectivity index (χ2v) is 10.1. The molecule has 0 N–H and O–H groups in total. The molecule has 2 amide bonds. The van der Waals surface area contributed by atoms with Crippen molar-refractivity contribution < 1.29 is 22.4 Å². The maximum Gasteiger partial charge on any atom is 0.274 e. The predicted molar refractivity (Wildman–Crippen MR) is 118 cm³/mol. The van der Waals surface area contributed by atoms with Gasteiger partial charge in [-0.15, -0.1) is 0 Å². The van der Waals surface area contributed by atoms with Gasteiger partial charge in [0, 0.05) is 11.3 Å². The Labute approximate surface area is 184 Å². The number of hydrogen-bond acceptors (Lipinski definition) is 4. The van der Waals surface area contributed by atoms with Crippen molar-refractivity contribution >= 4 is 33.0 Å². The van der Waals surface area contributed by atoms with E-state index in [2.05, 4.69) is 0 Å². The average Bonchev–Trinajstić information content (AvgIpc) is 3.11. The second kappa shape index (κ2) is 7.00. The number of nitrogens with zero attached hydrogens (tertiary/aromatic N) is 2. The summed E-state index contributed by atoms with van der Waals surface area (Å²) in [5.74, 6) is -2.97. The molecule has 2 aliphatic heterocycles. The Balaban J connectivity index is 1.74. The third-order valence-corrected chi connectivity index (χ3v) is 8.02. The first-order chi connectivity index (χ1) is 15.3. The van der Waals surface area contributed by atoms with E-state index in [1.54, 1.807) is 24.3 Å². The van der Waals surface area contributed by atoms with Gasteiger partial charge in [-0.05, 0) is 36.8 Å². The highest BCUT2D eigenvalue weighted by atomic mass is 32.2. The van der Waals surface area contributed by atoms with Crippen LogP contribution in [0.1, 0.15) is 16.7 Å². The number of hydrogen-bond donors (Lipinski definition) is 0. The van der Waals surface area contributed by atoms with Crippen molar-refractivity contribution in [2.75, 3.05) is 15.6 Å². The van der Waals surface area contributed by atoms with Gasteiger partial charge in [-0.3, -0.25) is 14.5 Å². The fraction of sp³-hybridized carbons (Fsp3) is 0.167. The highest BCUT2D eigenvalue weighted by Gasteiger charge is 2.69. The molecule has 1 fully saturated rings. The molecule has 0 bridgehead atoms. The number of sulfone groups is 1. The first kappa shape index (κ1) is 20.4. The van der Waals surface area contributed by atoms with Crippen molar-refractivity contribution in [2.24, 2.45) is 0 Å². The van der Waals surface area contributed by atoms with Crippen molar-refractivity contribution in [3.63, 3.8) is 0 Å². The first-order valence-electron chi connectivity index (χ1n) is 10.0. The molecule has 162 valence electrons. The number of carbonyl (C=O) groups is 2. The summed E-state index contributed by atoms with van der Waals surface area (Å²) in [5, 5.41) is 0. The van der Waals surface area contributed by atoms with Crippen LogP contribution in [0.5, 0.6) is 0 Å². The van der Waals surface area contributed by atoms with Crippen molar-refractivity contribution in [1.29, 1.82) is 0 Å². The standard InChI is InChI=1S/C24H19FN2O4S/c1-16-6-4-7-17(12-16)14-26-21-11-3-2-10-20(21)24(23(26)29)27(22(28)15-32(24,30)31)19-9-5-8-18(25)13-19/h2-13H,14-15H2,1H3. The van der Waals surface area contributed by atoms with Crippen LogP contribution in [0.25, 0.3) is 0 Å². The molecule has 32 heavy (non-hydrogen) atoms. The number of benzene rings is 3. The molecule has 0 aliphatic carbocycles.